The van der Waals surface area contributed by atoms with Crippen molar-refractivity contribution in [1.82, 2.24) is 9.97 Å². The Morgan fingerprint density at radius 2 is 1.78 bits per heavy atom. The van der Waals surface area contributed by atoms with Gasteiger partial charge in [0.25, 0.3) is 0 Å². The maximum absolute atomic E-state index is 5.86. The van der Waals surface area contributed by atoms with Crippen LogP contribution in [0.1, 0.15) is 19.5 Å². The van der Waals surface area contributed by atoms with Gasteiger partial charge in [0, 0.05) is 6.08 Å². The van der Waals surface area contributed by atoms with E-state index in [4.69, 9.17) is 9.47 Å². The number of methoxy groups -OCH3 is 1. The van der Waals surface area contributed by atoms with Gasteiger partial charge in [-0.3, -0.25) is 0 Å². The molecular weight excluding hydrogens is 228 g/mol. The van der Waals surface area contributed by atoms with Crippen molar-refractivity contribution in [3.63, 3.8) is 0 Å². The molecular formula is C14H14N2O2. The van der Waals surface area contributed by atoms with E-state index in [2.05, 4.69) is 9.97 Å². The summed E-state index contributed by atoms with van der Waals surface area (Å²) in [7, 11) is 1.64. The first-order valence-corrected chi connectivity index (χ1v) is 5.82. The van der Waals surface area contributed by atoms with Gasteiger partial charge in [-0.1, -0.05) is 12.1 Å². The van der Waals surface area contributed by atoms with E-state index in [0.717, 1.165) is 16.8 Å². The lowest BCUT2D eigenvalue weighted by atomic mass is 10.0. The molecule has 0 radical (unpaired) electrons. The standard InChI is InChI=1S/C14H14N2O2/c1-14(2)12(17-3)8-11-13(18-14)16-10-7-5-4-6-9(10)15-11/h4-8H,1-3H3. The predicted molar refractivity (Wildman–Crippen MR) is 69.2 cm³/mol. The van der Waals surface area contributed by atoms with Crippen LogP contribution in [0.25, 0.3) is 17.1 Å². The molecule has 1 aliphatic heterocycles. The number of nitrogens with zero attached hydrogens (tertiary/aromatic N) is 2. The summed E-state index contributed by atoms with van der Waals surface area (Å²) in [6.07, 6.45) is 1.89. The Balaban J connectivity index is 2.23. The van der Waals surface area contributed by atoms with Crippen molar-refractivity contribution in [3.05, 3.63) is 35.7 Å². The molecule has 0 amide bonds. The highest BCUT2D eigenvalue weighted by molar-refractivity contribution is 5.77. The minimum absolute atomic E-state index is 0.515. The topological polar surface area (TPSA) is 44.2 Å². The Labute approximate surface area is 105 Å². The van der Waals surface area contributed by atoms with Crippen LogP contribution < -0.4 is 4.74 Å². The summed E-state index contributed by atoms with van der Waals surface area (Å²) in [6.45, 7) is 3.89. The van der Waals surface area contributed by atoms with E-state index in [-0.39, 0.29) is 0 Å². The van der Waals surface area contributed by atoms with Gasteiger partial charge in [-0.15, -0.1) is 0 Å². The number of ether oxygens (including phenoxy) is 2. The highest BCUT2D eigenvalue weighted by Crippen LogP contribution is 2.34. The zero-order valence-electron chi connectivity index (χ0n) is 10.6. The largest absolute Gasteiger partial charge is 0.497 e. The average molecular weight is 242 g/mol. The van der Waals surface area contributed by atoms with E-state index < -0.39 is 5.60 Å². The van der Waals surface area contributed by atoms with Crippen LogP contribution in [0.2, 0.25) is 0 Å². The van der Waals surface area contributed by atoms with Crippen LogP contribution in [0.5, 0.6) is 5.88 Å². The summed E-state index contributed by atoms with van der Waals surface area (Å²) in [5, 5.41) is 0. The molecule has 3 rings (SSSR count). The second kappa shape index (κ2) is 3.70. The van der Waals surface area contributed by atoms with Gasteiger partial charge >= 0.3 is 0 Å². The van der Waals surface area contributed by atoms with Crippen molar-refractivity contribution >= 4 is 17.1 Å². The molecule has 0 fully saturated rings. The number of para-hydroxylation sites is 2. The molecule has 4 heteroatoms. The van der Waals surface area contributed by atoms with Gasteiger partial charge in [-0.2, -0.15) is 0 Å². The molecule has 18 heavy (non-hydrogen) atoms. The SMILES string of the molecule is COC1=Cc2nc3ccccc3nc2OC1(C)C. The summed E-state index contributed by atoms with van der Waals surface area (Å²) < 4.78 is 11.2. The van der Waals surface area contributed by atoms with Gasteiger partial charge in [-0.25, -0.2) is 9.97 Å². The number of hydrogen-bond donors (Lipinski definition) is 0. The minimum Gasteiger partial charge on any atom is -0.497 e. The van der Waals surface area contributed by atoms with Gasteiger partial charge in [0.15, 0.2) is 5.60 Å². The fraction of sp³-hybridized carbons (Fsp3) is 0.286. The zero-order chi connectivity index (χ0) is 12.8. The Kier molecular flexibility index (Phi) is 2.26. The van der Waals surface area contributed by atoms with Crippen LogP contribution in [0.4, 0.5) is 0 Å². The maximum atomic E-state index is 5.86. The summed E-state index contributed by atoms with van der Waals surface area (Å²) in [6, 6.07) is 7.74. The van der Waals surface area contributed by atoms with Gasteiger partial charge in [0.05, 0.1) is 18.1 Å². The van der Waals surface area contributed by atoms with Crippen molar-refractivity contribution in [2.45, 2.75) is 19.4 Å². The third-order valence-electron chi connectivity index (χ3n) is 3.00. The van der Waals surface area contributed by atoms with Crippen molar-refractivity contribution in [2.75, 3.05) is 7.11 Å². The van der Waals surface area contributed by atoms with Crippen LogP contribution in [0, 0.1) is 0 Å². The number of benzene rings is 1. The molecule has 1 aromatic carbocycles. The lowest BCUT2D eigenvalue weighted by Gasteiger charge is -2.31. The van der Waals surface area contributed by atoms with E-state index in [9.17, 15) is 0 Å². The second-order valence-electron chi connectivity index (χ2n) is 4.73. The summed E-state index contributed by atoms with van der Waals surface area (Å²) in [5.74, 6) is 1.30. The fourth-order valence-corrected chi connectivity index (χ4v) is 2.06. The molecule has 92 valence electrons. The van der Waals surface area contributed by atoms with Crippen molar-refractivity contribution in [1.29, 1.82) is 0 Å². The molecule has 1 aliphatic rings. The number of hydrogen-bond acceptors (Lipinski definition) is 4. The first-order valence-electron chi connectivity index (χ1n) is 5.82. The molecule has 0 bridgehead atoms. The summed E-state index contributed by atoms with van der Waals surface area (Å²) >= 11 is 0. The molecule has 0 saturated carbocycles. The van der Waals surface area contributed by atoms with Crippen LogP contribution in [0.3, 0.4) is 0 Å². The van der Waals surface area contributed by atoms with Gasteiger partial charge in [0.2, 0.25) is 5.88 Å². The van der Waals surface area contributed by atoms with Crippen molar-refractivity contribution < 1.29 is 9.47 Å². The monoisotopic (exact) mass is 242 g/mol. The Hall–Kier alpha value is -2.10. The molecule has 1 aromatic heterocycles. The Morgan fingerprint density at radius 1 is 1.11 bits per heavy atom. The number of fused-ring (bicyclic) bond motifs is 2. The molecule has 0 aliphatic carbocycles. The van der Waals surface area contributed by atoms with Crippen LogP contribution >= 0.6 is 0 Å². The van der Waals surface area contributed by atoms with Crippen molar-refractivity contribution in [3.8, 4) is 5.88 Å². The number of aromatic nitrogens is 2. The van der Waals surface area contributed by atoms with Crippen LogP contribution in [-0.4, -0.2) is 22.7 Å². The summed E-state index contributed by atoms with van der Waals surface area (Å²) in [5.41, 5.74) is 1.89. The van der Waals surface area contributed by atoms with E-state index in [1.165, 1.54) is 0 Å². The fourth-order valence-electron chi connectivity index (χ4n) is 2.06. The maximum Gasteiger partial charge on any atom is 0.241 e. The molecule has 0 spiro atoms. The van der Waals surface area contributed by atoms with E-state index in [1.54, 1.807) is 7.11 Å². The minimum atomic E-state index is -0.515. The molecule has 2 heterocycles. The Morgan fingerprint density at radius 3 is 2.44 bits per heavy atom. The molecule has 4 nitrogen and oxygen atoms in total. The predicted octanol–water partition coefficient (Wildman–Crippen LogP) is 2.79. The average Bonchev–Trinajstić information content (AvgIpc) is 2.34. The lowest BCUT2D eigenvalue weighted by Crippen LogP contribution is -2.34. The lowest BCUT2D eigenvalue weighted by molar-refractivity contribution is 0.0708. The molecule has 0 atom stereocenters. The van der Waals surface area contributed by atoms with E-state index >= 15 is 0 Å². The van der Waals surface area contributed by atoms with Crippen LogP contribution in [-0.2, 0) is 4.74 Å². The van der Waals surface area contributed by atoms with Gasteiger partial charge in [-0.05, 0) is 26.0 Å². The summed E-state index contributed by atoms with van der Waals surface area (Å²) in [4.78, 5) is 9.03. The smallest absolute Gasteiger partial charge is 0.241 e. The highest BCUT2D eigenvalue weighted by Gasteiger charge is 2.33. The van der Waals surface area contributed by atoms with Gasteiger partial charge in [0.1, 0.15) is 11.5 Å². The quantitative estimate of drug-likeness (QED) is 0.771. The van der Waals surface area contributed by atoms with Crippen molar-refractivity contribution in [2.24, 2.45) is 0 Å². The number of rotatable bonds is 1. The normalized spacial score (nSPS) is 16.7. The third-order valence-corrected chi connectivity index (χ3v) is 3.00. The molecule has 0 N–H and O–H groups in total. The molecule has 0 unspecified atom stereocenters. The highest BCUT2D eigenvalue weighted by atomic mass is 16.5. The first-order chi connectivity index (χ1) is 8.60. The first kappa shape index (κ1) is 11.0. The molecule has 2 aromatic rings. The Bertz CT molecular complexity index is 647. The van der Waals surface area contributed by atoms with Gasteiger partial charge < -0.3 is 9.47 Å². The molecule has 0 saturated heterocycles. The second-order valence-corrected chi connectivity index (χ2v) is 4.73. The van der Waals surface area contributed by atoms with E-state index in [1.807, 2.05) is 44.2 Å². The van der Waals surface area contributed by atoms with E-state index in [0.29, 0.717) is 11.6 Å². The third kappa shape index (κ3) is 1.61. The zero-order valence-corrected chi connectivity index (χ0v) is 10.6. The van der Waals surface area contributed by atoms with Crippen LogP contribution in [0.15, 0.2) is 30.0 Å².